The second-order valence-corrected chi connectivity index (χ2v) is 7.37. The van der Waals surface area contributed by atoms with Crippen LogP contribution in [0.1, 0.15) is 18.9 Å². The van der Waals surface area contributed by atoms with E-state index in [1.807, 2.05) is 6.92 Å². The van der Waals surface area contributed by atoms with Gasteiger partial charge in [0.2, 0.25) is 0 Å². The van der Waals surface area contributed by atoms with Gasteiger partial charge in [0.15, 0.2) is 11.5 Å². The molecule has 25 heavy (non-hydrogen) atoms. The number of phenols is 1. The van der Waals surface area contributed by atoms with Gasteiger partial charge >= 0.3 is 0 Å². The number of fused-ring (bicyclic) bond motifs is 5. The third kappa shape index (κ3) is 2.49. The number of hydrogen-bond acceptors (Lipinski definition) is 5. The number of rotatable bonds is 4. The monoisotopic (exact) mass is 404 g/mol. The molecule has 2 fully saturated rings. The molecule has 2 bridgehead atoms. The maximum absolute atomic E-state index is 12.6. The highest BCUT2D eigenvalue weighted by Crippen LogP contribution is 2.52. The zero-order chi connectivity index (χ0) is 17.7. The van der Waals surface area contributed by atoms with Crippen LogP contribution >= 0.6 is 15.9 Å². The molecule has 1 aliphatic heterocycles. The fraction of sp³-hybridized carbons (Fsp3) is 0.389. The summed E-state index contributed by atoms with van der Waals surface area (Å²) in [4.78, 5) is 25.2. The molecule has 0 radical (unpaired) electrons. The van der Waals surface area contributed by atoms with Gasteiger partial charge in [-0.15, -0.1) is 0 Å². The van der Waals surface area contributed by atoms with Crippen LogP contribution in [0.15, 0.2) is 33.9 Å². The number of halogens is 1. The van der Waals surface area contributed by atoms with Gasteiger partial charge < -0.3 is 9.84 Å². The molecule has 4 atom stereocenters. The van der Waals surface area contributed by atoms with E-state index in [1.54, 1.807) is 12.1 Å². The second-order valence-electron chi connectivity index (χ2n) is 6.52. The standard InChI is InChI=1S/C18H17BrN2O4/c1-2-25-13-6-9(5-12(19)16(13)22)8-20-21-17(23)14-10-3-4-11(7-10)15(14)18(21)24/h3-6,8,10-11,14-15,22H,2,7H2,1H3/b20-8-/t10-,11-,14+,15+/m0/s1. The number of allylic oxidation sites excluding steroid dienone is 2. The normalized spacial score (nSPS) is 29.9. The highest BCUT2D eigenvalue weighted by molar-refractivity contribution is 9.10. The molecule has 1 aromatic carbocycles. The summed E-state index contributed by atoms with van der Waals surface area (Å²) in [5.74, 6) is -0.300. The molecule has 1 heterocycles. The van der Waals surface area contributed by atoms with Crippen molar-refractivity contribution in [2.24, 2.45) is 28.8 Å². The van der Waals surface area contributed by atoms with Crippen LogP contribution in [0, 0.1) is 23.7 Å². The van der Waals surface area contributed by atoms with E-state index in [-0.39, 0.29) is 41.2 Å². The minimum absolute atomic E-state index is 0.00417. The van der Waals surface area contributed by atoms with Crippen molar-refractivity contribution in [3.05, 3.63) is 34.3 Å². The van der Waals surface area contributed by atoms with Gasteiger partial charge in [0, 0.05) is 0 Å². The molecular weight excluding hydrogens is 388 g/mol. The SMILES string of the molecule is CCOc1cc(/C=N\N2C(=O)[C@H]3[C@H](C2=O)[C@H]2C=C[C@H]3C2)cc(Br)c1O. The molecule has 1 aromatic rings. The summed E-state index contributed by atoms with van der Waals surface area (Å²) >= 11 is 3.26. The maximum Gasteiger partial charge on any atom is 0.254 e. The third-order valence-corrected chi connectivity index (χ3v) is 5.72. The fourth-order valence-electron chi connectivity index (χ4n) is 4.06. The molecule has 130 valence electrons. The highest BCUT2D eigenvalue weighted by Gasteiger charge is 2.59. The van der Waals surface area contributed by atoms with Crippen LogP contribution in [-0.4, -0.2) is 34.8 Å². The number of benzene rings is 1. The van der Waals surface area contributed by atoms with Crippen LogP contribution in [0.3, 0.4) is 0 Å². The number of ether oxygens (including phenoxy) is 1. The Morgan fingerprint density at radius 2 is 1.92 bits per heavy atom. The lowest BCUT2D eigenvalue weighted by molar-refractivity contribution is -0.140. The minimum Gasteiger partial charge on any atom is -0.503 e. The fourth-order valence-corrected chi connectivity index (χ4v) is 4.52. The minimum atomic E-state index is -0.259. The molecule has 0 unspecified atom stereocenters. The lowest BCUT2D eigenvalue weighted by Crippen LogP contribution is -2.28. The number of phenolic OH excluding ortho intramolecular Hbond substituents is 1. The van der Waals surface area contributed by atoms with Crippen LogP contribution in [0.25, 0.3) is 0 Å². The summed E-state index contributed by atoms with van der Waals surface area (Å²) in [6, 6.07) is 3.27. The van der Waals surface area contributed by atoms with Crippen LogP contribution in [-0.2, 0) is 9.59 Å². The van der Waals surface area contributed by atoms with Gasteiger partial charge in [-0.05, 0) is 58.8 Å². The number of amides is 2. The van der Waals surface area contributed by atoms with E-state index in [0.29, 0.717) is 22.4 Å². The lowest BCUT2D eigenvalue weighted by Gasteiger charge is -2.13. The molecule has 2 aliphatic carbocycles. The van der Waals surface area contributed by atoms with Crippen molar-refractivity contribution in [1.82, 2.24) is 5.01 Å². The zero-order valence-corrected chi connectivity index (χ0v) is 15.1. The van der Waals surface area contributed by atoms with Gasteiger partial charge in [-0.25, -0.2) is 0 Å². The number of imide groups is 1. The average Bonchev–Trinajstić information content (AvgIpc) is 3.25. The Hall–Kier alpha value is -2.15. The van der Waals surface area contributed by atoms with Gasteiger partial charge in [0.25, 0.3) is 11.8 Å². The average molecular weight is 405 g/mol. The first-order chi connectivity index (χ1) is 12.0. The number of hydrazone groups is 1. The Kier molecular flexibility index (Phi) is 3.91. The molecule has 0 spiro atoms. The molecule has 1 N–H and O–H groups in total. The van der Waals surface area contributed by atoms with Crippen LogP contribution < -0.4 is 4.74 Å². The van der Waals surface area contributed by atoms with E-state index in [9.17, 15) is 14.7 Å². The third-order valence-electron chi connectivity index (χ3n) is 5.12. The van der Waals surface area contributed by atoms with Gasteiger partial charge in [0.1, 0.15) is 0 Å². The van der Waals surface area contributed by atoms with Crippen molar-refractivity contribution in [3.8, 4) is 11.5 Å². The highest BCUT2D eigenvalue weighted by atomic mass is 79.9. The van der Waals surface area contributed by atoms with Crippen LogP contribution in [0.2, 0.25) is 0 Å². The molecule has 6 nitrogen and oxygen atoms in total. The molecule has 3 aliphatic rings. The Balaban J connectivity index is 1.59. The summed E-state index contributed by atoms with van der Waals surface area (Å²) in [6.45, 7) is 2.22. The van der Waals surface area contributed by atoms with Crippen molar-refractivity contribution >= 4 is 34.0 Å². The number of aromatic hydroxyl groups is 1. The first-order valence-electron chi connectivity index (χ1n) is 8.26. The van der Waals surface area contributed by atoms with Gasteiger partial charge in [-0.1, -0.05) is 12.2 Å². The van der Waals surface area contributed by atoms with Crippen molar-refractivity contribution < 1.29 is 19.4 Å². The smallest absolute Gasteiger partial charge is 0.254 e. The zero-order valence-electron chi connectivity index (χ0n) is 13.6. The molecule has 4 rings (SSSR count). The predicted molar refractivity (Wildman–Crippen MR) is 94.1 cm³/mol. The van der Waals surface area contributed by atoms with E-state index in [4.69, 9.17) is 4.74 Å². The van der Waals surface area contributed by atoms with E-state index >= 15 is 0 Å². The Morgan fingerprint density at radius 3 is 2.52 bits per heavy atom. The first kappa shape index (κ1) is 16.3. The topological polar surface area (TPSA) is 79.2 Å². The summed E-state index contributed by atoms with van der Waals surface area (Å²) in [6.07, 6.45) is 6.44. The molecule has 7 heteroatoms. The summed E-state index contributed by atoms with van der Waals surface area (Å²) < 4.78 is 5.83. The van der Waals surface area contributed by atoms with E-state index in [2.05, 4.69) is 33.2 Å². The summed E-state index contributed by atoms with van der Waals surface area (Å²) in [5.41, 5.74) is 0.617. The quantitative estimate of drug-likeness (QED) is 0.475. The Bertz CT molecular complexity index is 790. The van der Waals surface area contributed by atoms with E-state index in [0.717, 1.165) is 11.4 Å². The van der Waals surface area contributed by atoms with Crippen LogP contribution in [0.4, 0.5) is 0 Å². The summed E-state index contributed by atoms with van der Waals surface area (Å²) in [7, 11) is 0. The molecule has 1 saturated carbocycles. The number of hydrogen-bond donors (Lipinski definition) is 1. The van der Waals surface area contributed by atoms with Crippen molar-refractivity contribution in [3.63, 3.8) is 0 Å². The number of nitrogens with zero attached hydrogens (tertiary/aromatic N) is 2. The summed E-state index contributed by atoms with van der Waals surface area (Å²) in [5, 5.41) is 15.1. The van der Waals surface area contributed by atoms with E-state index in [1.165, 1.54) is 6.21 Å². The molecule has 1 saturated heterocycles. The van der Waals surface area contributed by atoms with Crippen molar-refractivity contribution in [1.29, 1.82) is 0 Å². The predicted octanol–water partition coefficient (Wildman–Crippen LogP) is 2.69. The Labute approximate surface area is 153 Å². The Morgan fingerprint density at radius 1 is 1.28 bits per heavy atom. The van der Waals surface area contributed by atoms with Crippen molar-refractivity contribution in [2.45, 2.75) is 13.3 Å². The number of carbonyl (C=O) groups is 2. The first-order valence-corrected chi connectivity index (χ1v) is 9.06. The van der Waals surface area contributed by atoms with Gasteiger partial charge in [0.05, 0.1) is 29.1 Å². The molecule has 0 aromatic heterocycles. The van der Waals surface area contributed by atoms with Gasteiger partial charge in [-0.2, -0.15) is 10.1 Å². The molecular formula is C18H17BrN2O4. The van der Waals surface area contributed by atoms with Crippen LogP contribution in [0.5, 0.6) is 11.5 Å². The second kappa shape index (κ2) is 5.98. The lowest BCUT2D eigenvalue weighted by atomic mass is 9.85. The number of carbonyl (C=O) groups excluding carboxylic acids is 2. The molecule has 2 amide bonds. The van der Waals surface area contributed by atoms with Crippen molar-refractivity contribution in [2.75, 3.05) is 6.61 Å². The largest absolute Gasteiger partial charge is 0.503 e. The maximum atomic E-state index is 12.6. The van der Waals surface area contributed by atoms with Gasteiger partial charge in [-0.3, -0.25) is 9.59 Å². The van der Waals surface area contributed by atoms with E-state index < -0.39 is 0 Å².